The highest BCUT2D eigenvalue weighted by molar-refractivity contribution is 5.46. The standard InChI is InChI=1S/C10H9FN2O/c11-9-6(5-12)1-2-7-8(13)3-4-14-10(7)9/h1-2,8H,3-4,13H2. The minimum atomic E-state index is -0.597. The smallest absolute Gasteiger partial charge is 0.183 e. The average molecular weight is 192 g/mol. The van der Waals surface area contributed by atoms with Gasteiger partial charge in [-0.25, -0.2) is 4.39 Å². The van der Waals surface area contributed by atoms with Gasteiger partial charge in [-0.05, 0) is 6.07 Å². The van der Waals surface area contributed by atoms with Crippen molar-refractivity contribution in [1.82, 2.24) is 0 Å². The van der Waals surface area contributed by atoms with Gasteiger partial charge >= 0.3 is 0 Å². The molecule has 1 aliphatic heterocycles. The fourth-order valence-corrected chi connectivity index (χ4v) is 1.54. The Labute approximate surface area is 80.9 Å². The third kappa shape index (κ3) is 1.22. The van der Waals surface area contributed by atoms with Gasteiger partial charge in [0.2, 0.25) is 0 Å². The number of rotatable bonds is 0. The van der Waals surface area contributed by atoms with Crippen LogP contribution in [0.4, 0.5) is 4.39 Å². The molecule has 1 heterocycles. The first kappa shape index (κ1) is 8.97. The van der Waals surface area contributed by atoms with E-state index in [-0.39, 0.29) is 17.4 Å². The molecule has 3 nitrogen and oxygen atoms in total. The van der Waals surface area contributed by atoms with Crippen LogP contribution < -0.4 is 10.5 Å². The summed E-state index contributed by atoms with van der Waals surface area (Å²) >= 11 is 0. The number of ether oxygens (including phenoxy) is 1. The number of nitrogens with two attached hydrogens (primary N) is 1. The van der Waals surface area contributed by atoms with Gasteiger partial charge in [-0.3, -0.25) is 0 Å². The molecule has 0 aromatic heterocycles. The lowest BCUT2D eigenvalue weighted by atomic mass is 9.99. The first-order valence-corrected chi connectivity index (χ1v) is 4.35. The summed E-state index contributed by atoms with van der Waals surface area (Å²) < 4.78 is 18.7. The Hall–Kier alpha value is -1.60. The summed E-state index contributed by atoms with van der Waals surface area (Å²) in [6.07, 6.45) is 0.679. The minimum absolute atomic E-state index is 0.00199. The van der Waals surface area contributed by atoms with Crippen LogP contribution in [0.2, 0.25) is 0 Å². The molecule has 2 rings (SSSR count). The van der Waals surface area contributed by atoms with Crippen molar-refractivity contribution in [3.05, 3.63) is 29.1 Å². The van der Waals surface area contributed by atoms with Gasteiger partial charge < -0.3 is 10.5 Å². The molecule has 0 aliphatic carbocycles. The number of nitrogens with zero attached hydrogens (tertiary/aromatic N) is 1. The summed E-state index contributed by atoms with van der Waals surface area (Å²) in [5.74, 6) is -0.456. The van der Waals surface area contributed by atoms with Crippen LogP contribution in [-0.2, 0) is 0 Å². The highest BCUT2D eigenvalue weighted by Gasteiger charge is 2.23. The molecule has 0 saturated carbocycles. The van der Waals surface area contributed by atoms with E-state index in [2.05, 4.69) is 0 Å². The van der Waals surface area contributed by atoms with E-state index in [0.29, 0.717) is 18.6 Å². The number of hydrogen-bond acceptors (Lipinski definition) is 3. The van der Waals surface area contributed by atoms with Crippen molar-refractivity contribution in [2.45, 2.75) is 12.5 Å². The second-order valence-electron chi connectivity index (χ2n) is 3.20. The molecule has 1 aromatic carbocycles. The van der Waals surface area contributed by atoms with Crippen molar-refractivity contribution < 1.29 is 9.13 Å². The van der Waals surface area contributed by atoms with Gasteiger partial charge in [-0.15, -0.1) is 0 Å². The van der Waals surface area contributed by atoms with E-state index in [9.17, 15) is 4.39 Å². The average Bonchev–Trinajstić information content (AvgIpc) is 2.20. The van der Waals surface area contributed by atoms with Gasteiger partial charge in [0, 0.05) is 18.0 Å². The van der Waals surface area contributed by atoms with Gasteiger partial charge in [0.05, 0.1) is 12.2 Å². The zero-order valence-electron chi connectivity index (χ0n) is 7.46. The van der Waals surface area contributed by atoms with Crippen LogP contribution in [0.25, 0.3) is 0 Å². The van der Waals surface area contributed by atoms with Crippen LogP contribution in [-0.4, -0.2) is 6.61 Å². The number of hydrogen-bond donors (Lipinski definition) is 1. The number of nitriles is 1. The predicted molar refractivity (Wildman–Crippen MR) is 48.2 cm³/mol. The second kappa shape index (κ2) is 3.28. The molecule has 0 bridgehead atoms. The monoisotopic (exact) mass is 192 g/mol. The maximum Gasteiger partial charge on any atom is 0.183 e. The molecule has 2 N–H and O–H groups in total. The molecule has 72 valence electrons. The predicted octanol–water partition coefficient (Wildman–Crippen LogP) is 1.48. The molecule has 1 unspecified atom stereocenters. The Morgan fingerprint density at radius 1 is 1.57 bits per heavy atom. The lowest BCUT2D eigenvalue weighted by molar-refractivity contribution is 0.255. The van der Waals surface area contributed by atoms with Crippen LogP contribution in [0.1, 0.15) is 23.6 Å². The van der Waals surface area contributed by atoms with Crippen LogP contribution in [0.3, 0.4) is 0 Å². The van der Waals surface area contributed by atoms with Gasteiger partial charge in [-0.2, -0.15) is 5.26 Å². The van der Waals surface area contributed by atoms with Crippen molar-refractivity contribution in [3.63, 3.8) is 0 Å². The van der Waals surface area contributed by atoms with E-state index >= 15 is 0 Å². The largest absolute Gasteiger partial charge is 0.490 e. The van der Waals surface area contributed by atoms with Crippen LogP contribution >= 0.6 is 0 Å². The SMILES string of the molecule is N#Cc1ccc2c(c1F)OCCC2N. The lowest BCUT2D eigenvalue weighted by Crippen LogP contribution is -2.21. The molecule has 0 radical (unpaired) electrons. The fraction of sp³-hybridized carbons (Fsp3) is 0.300. The molecule has 1 aromatic rings. The molecule has 4 heteroatoms. The molecule has 1 atom stereocenters. The quantitative estimate of drug-likeness (QED) is 0.677. The summed E-state index contributed by atoms with van der Waals surface area (Å²) in [6.45, 7) is 0.403. The van der Waals surface area contributed by atoms with Crippen molar-refractivity contribution >= 4 is 0 Å². The van der Waals surface area contributed by atoms with E-state index < -0.39 is 5.82 Å². The van der Waals surface area contributed by atoms with Gasteiger partial charge in [0.25, 0.3) is 0 Å². The van der Waals surface area contributed by atoms with Gasteiger partial charge in [-0.1, -0.05) is 6.07 Å². The zero-order valence-corrected chi connectivity index (χ0v) is 7.46. The first-order valence-electron chi connectivity index (χ1n) is 4.35. The summed E-state index contributed by atoms with van der Waals surface area (Å²) in [5, 5.41) is 8.61. The number of benzene rings is 1. The molecule has 0 spiro atoms. The Morgan fingerprint density at radius 3 is 3.07 bits per heavy atom. The van der Waals surface area contributed by atoms with E-state index in [1.807, 2.05) is 0 Å². The number of halogens is 1. The topological polar surface area (TPSA) is 59.0 Å². The van der Waals surface area contributed by atoms with Crippen molar-refractivity contribution in [1.29, 1.82) is 5.26 Å². The molecule has 1 aliphatic rings. The van der Waals surface area contributed by atoms with Gasteiger partial charge in [0.15, 0.2) is 11.6 Å². The summed E-state index contributed by atoms with van der Waals surface area (Å²) in [5.41, 5.74) is 6.42. The summed E-state index contributed by atoms with van der Waals surface area (Å²) in [6, 6.07) is 4.66. The van der Waals surface area contributed by atoms with E-state index in [4.69, 9.17) is 15.7 Å². The fourth-order valence-electron chi connectivity index (χ4n) is 1.54. The minimum Gasteiger partial charge on any atom is -0.490 e. The first-order chi connectivity index (χ1) is 6.74. The molecule has 0 fully saturated rings. The maximum atomic E-state index is 13.5. The summed E-state index contributed by atoms with van der Waals surface area (Å²) in [4.78, 5) is 0. The molecule has 0 saturated heterocycles. The number of fused-ring (bicyclic) bond motifs is 1. The zero-order chi connectivity index (χ0) is 10.1. The molecular formula is C10H9FN2O. The highest BCUT2D eigenvalue weighted by atomic mass is 19.1. The second-order valence-corrected chi connectivity index (χ2v) is 3.20. The van der Waals surface area contributed by atoms with Crippen molar-refractivity contribution in [3.8, 4) is 11.8 Å². The van der Waals surface area contributed by atoms with Crippen LogP contribution in [0, 0.1) is 17.1 Å². The molecule has 14 heavy (non-hydrogen) atoms. The molecular weight excluding hydrogens is 183 g/mol. The lowest BCUT2D eigenvalue weighted by Gasteiger charge is -2.23. The third-order valence-electron chi connectivity index (χ3n) is 2.32. The highest BCUT2D eigenvalue weighted by Crippen LogP contribution is 2.34. The van der Waals surface area contributed by atoms with E-state index in [0.717, 1.165) is 0 Å². The summed E-state index contributed by atoms with van der Waals surface area (Å²) in [7, 11) is 0. The van der Waals surface area contributed by atoms with Crippen molar-refractivity contribution in [2.75, 3.05) is 6.61 Å². The van der Waals surface area contributed by atoms with Crippen molar-refractivity contribution in [2.24, 2.45) is 5.73 Å². The van der Waals surface area contributed by atoms with E-state index in [1.54, 1.807) is 12.1 Å². The van der Waals surface area contributed by atoms with E-state index in [1.165, 1.54) is 6.07 Å². The Balaban J connectivity index is 2.59. The Bertz CT molecular complexity index is 411. The Morgan fingerprint density at radius 2 is 2.36 bits per heavy atom. The van der Waals surface area contributed by atoms with Crippen LogP contribution in [0.5, 0.6) is 5.75 Å². The maximum absolute atomic E-state index is 13.5. The third-order valence-corrected chi connectivity index (χ3v) is 2.32. The normalized spacial score (nSPS) is 19.4. The molecule has 0 amide bonds. The van der Waals surface area contributed by atoms with Gasteiger partial charge in [0.1, 0.15) is 6.07 Å². The van der Waals surface area contributed by atoms with Crippen LogP contribution in [0.15, 0.2) is 12.1 Å². The Kier molecular flexibility index (Phi) is 2.10.